The lowest BCUT2D eigenvalue weighted by Crippen LogP contribution is -2.10. The second-order valence-electron chi connectivity index (χ2n) is 3.26. The number of hydrogen-bond donors (Lipinski definition) is 1. The zero-order valence-electron chi connectivity index (χ0n) is 8.44. The van der Waals surface area contributed by atoms with Crippen LogP contribution in [-0.2, 0) is 6.42 Å². The zero-order valence-corrected chi connectivity index (χ0v) is 9.25. The van der Waals surface area contributed by atoms with Crippen LogP contribution in [0.1, 0.15) is 12.2 Å². The standard InChI is InChI=1S/C10H11F2N3S/c11-10(12)15-7(3-4-13)6-8(14-15)9-2-1-5-16-9/h1-2,5-6,10H,3-4,13H2. The highest BCUT2D eigenvalue weighted by molar-refractivity contribution is 7.13. The molecule has 0 saturated heterocycles. The third-order valence-electron chi connectivity index (χ3n) is 2.17. The average Bonchev–Trinajstić information content (AvgIpc) is 2.83. The van der Waals surface area contributed by atoms with Crippen LogP contribution in [-0.4, -0.2) is 16.3 Å². The lowest BCUT2D eigenvalue weighted by atomic mass is 10.2. The maximum Gasteiger partial charge on any atom is 0.333 e. The molecule has 0 aliphatic carbocycles. The average molecular weight is 243 g/mol. The number of hydrogen-bond acceptors (Lipinski definition) is 3. The Morgan fingerprint density at radius 3 is 2.88 bits per heavy atom. The summed E-state index contributed by atoms with van der Waals surface area (Å²) < 4.78 is 26.1. The summed E-state index contributed by atoms with van der Waals surface area (Å²) >= 11 is 1.48. The van der Waals surface area contributed by atoms with Gasteiger partial charge in [-0.25, -0.2) is 4.68 Å². The lowest BCUT2D eigenvalue weighted by molar-refractivity contribution is 0.0538. The Morgan fingerprint density at radius 2 is 2.31 bits per heavy atom. The monoisotopic (exact) mass is 243 g/mol. The molecule has 2 aromatic heterocycles. The van der Waals surface area contributed by atoms with Gasteiger partial charge in [0.25, 0.3) is 0 Å². The fourth-order valence-electron chi connectivity index (χ4n) is 1.48. The molecule has 0 radical (unpaired) electrons. The maximum atomic E-state index is 12.7. The van der Waals surface area contributed by atoms with Crippen molar-refractivity contribution in [2.45, 2.75) is 13.0 Å². The Labute approximate surface area is 95.5 Å². The SMILES string of the molecule is NCCc1cc(-c2cccs2)nn1C(F)F. The first kappa shape index (κ1) is 11.2. The van der Waals surface area contributed by atoms with Gasteiger partial charge in [-0.1, -0.05) is 6.07 Å². The van der Waals surface area contributed by atoms with Gasteiger partial charge < -0.3 is 5.73 Å². The first-order valence-electron chi connectivity index (χ1n) is 4.83. The summed E-state index contributed by atoms with van der Waals surface area (Å²) in [5.74, 6) is 0. The molecule has 0 spiro atoms. The lowest BCUT2D eigenvalue weighted by Gasteiger charge is -2.03. The number of alkyl halides is 2. The predicted molar refractivity (Wildman–Crippen MR) is 59.6 cm³/mol. The zero-order chi connectivity index (χ0) is 11.5. The largest absolute Gasteiger partial charge is 0.333 e. The van der Waals surface area contributed by atoms with E-state index in [1.807, 2.05) is 17.5 Å². The van der Waals surface area contributed by atoms with Crippen LogP contribution in [0.15, 0.2) is 23.6 Å². The van der Waals surface area contributed by atoms with Crippen molar-refractivity contribution in [1.29, 1.82) is 0 Å². The molecular formula is C10H11F2N3S. The highest BCUT2D eigenvalue weighted by Crippen LogP contribution is 2.26. The van der Waals surface area contributed by atoms with Crippen LogP contribution < -0.4 is 5.73 Å². The minimum absolute atomic E-state index is 0.336. The molecule has 0 saturated carbocycles. The molecule has 0 aromatic carbocycles. The molecule has 0 aliphatic heterocycles. The molecule has 0 aliphatic rings. The van der Waals surface area contributed by atoms with E-state index in [0.717, 1.165) is 9.56 Å². The third kappa shape index (κ3) is 2.12. The summed E-state index contributed by atoms with van der Waals surface area (Å²) in [5.41, 5.74) is 6.43. The predicted octanol–water partition coefficient (Wildman–Crippen LogP) is 2.51. The molecule has 3 nitrogen and oxygen atoms in total. The van der Waals surface area contributed by atoms with E-state index in [1.54, 1.807) is 6.07 Å². The van der Waals surface area contributed by atoms with E-state index >= 15 is 0 Å². The minimum Gasteiger partial charge on any atom is -0.330 e. The van der Waals surface area contributed by atoms with E-state index in [4.69, 9.17) is 5.73 Å². The smallest absolute Gasteiger partial charge is 0.330 e. The second-order valence-corrected chi connectivity index (χ2v) is 4.21. The first-order valence-corrected chi connectivity index (χ1v) is 5.71. The number of halogens is 2. The Hall–Kier alpha value is -1.27. The van der Waals surface area contributed by atoms with E-state index in [2.05, 4.69) is 5.10 Å². The second kappa shape index (κ2) is 4.71. The van der Waals surface area contributed by atoms with E-state index in [1.165, 1.54) is 11.3 Å². The quantitative estimate of drug-likeness (QED) is 0.896. The molecule has 2 aromatic rings. The van der Waals surface area contributed by atoms with Gasteiger partial charge in [-0.2, -0.15) is 13.9 Å². The van der Waals surface area contributed by atoms with Crippen molar-refractivity contribution in [3.8, 4) is 10.6 Å². The Kier molecular flexibility index (Phi) is 3.31. The van der Waals surface area contributed by atoms with E-state index < -0.39 is 6.55 Å². The summed E-state index contributed by atoms with van der Waals surface area (Å²) in [6, 6.07) is 5.39. The van der Waals surface area contributed by atoms with Crippen molar-refractivity contribution in [2.75, 3.05) is 6.54 Å². The van der Waals surface area contributed by atoms with Crippen LogP contribution in [0.5, 0.6) is 0 Å². The number of rotatable bonds is 4. The van der Waals surface area contributed by atoms with Gasteiger partial charge in [0, 0.05) is 12.1 Å². The number of nitrogens with two attached hydrogens (primary N) is 1. The molecule has 0 amide bonds. The van der Waals surface area contributed by atoms with Crippen LogP contribution in [0.4, 0.5) is 8.78 Å². The molecule has 0 unspecified atom stereocenters. The molecular weight excluding hydrogens is 232 g/mol. The third-order valence-corrected chi connectivity index (χ3v) is 3.06. The van der Waals surface area contributed by atoms with Crippen LogP contribution in [0.25, 0.3) is 10.6 Å². The van der Waals surface area contributed by atoms with Crippen molar-refractivity contribution in [2.24, 2.45) is 5.73 Å². The van der Waals surface area contributed by atoms with Crippen molar-refractivity contribution < 1.29 is 8.78 Å². The van der Waals surface area contributed by atoms with Gasteiger partial charge in [0.1, 0.15) is 5.69 Å². The van der Waals surface area contributed by atoms with Gasteiger partial charge in [-0.3, -0.25) is 0 Å². The van der Waals surface area contributed by atoms with Crippen LogP contribution in [0.2, 0.25) is 0 Å². The summed E-state index contributed by atoms with van der Waals surface area (Å²) in [4.78, 5) is 0.887. The number of aromatic nitrogens is 2. The fourth-order valence-corrected chi connectivity index (χ4v) is 2.16. The van der Waals surface area contributed by atoms with E-state index in [0.29, 0.717) is 24.4 Å². The molecule has 2 rings (SSSR count). The van der Waals surface area contributed by atoms with Gasteiger partial charge >= 0.3 is 6.55 Å². The maximum absolute atomic E-state index is 12.7. The van der Waals surface area contributed by atoms with Crippen LogP contribution in [0.3, 0.4) is 0 Å². The van der Waals surface area contributed by atoms with E-state index in [-0.39, 0.29) is 0 Å². The molecule has 0 fully saturated rings. The summed E-state index contributed by atoms with van der Waals surface area (Å²) in [6.45, 7) is -2.28. The Balaban J connectivity index is 2.38. The molecule has 6 heteroatoms. The topological polar surface area (TPSA) is 43.8 Å². The highest BCUT2D eigenvalue weighted by atomic mass is 32.1. The molecule has 2 N–H and O–H groups in total. The Morgan fingerprint density at radius 1 is 1.50 bits per heavy atom. The number of thiophene rings is 1. The normalized spacial score (nSPS) is 11.2. The van der Waals surface area contributed by atoms with Gasteiger partial charge in [0.15, 0.2) is 0 Å². The molecule has 16 heavy (non-hydrogen) atoms. The summed E-state index contributed by atoms with van der Waals surface area (Å²) in [7, 11) is 0. The van der Waals surface area contributed by atoms with Gasteiger partial charge in [-0.05, 0) is 24.1 Å². The van der Waals surface area contributed by atoms with Gasteiger partial charge in [-0.15, -0.1) is 11.3 Å². The van der Waals surface area contributed by atoms with Crippen LogP contribution in [0, 0.1) is 0 Å². The molecule has 86 valence electrons. The fraction of sp³-hybridized carbons (Fsp3) is 0.300. The first-order chi connectivity index (χ1) is 7.72. The summed E-state index contributed by atoms with van der Waals surface area (Å²) in [6.07, 6.45) is 0.405. The van der Waals surface area contributed by atoms with Crippen molar-refractivity contribution in [3.63, 3.8) is 0 Å². The van der Waals surface area contributed by atoms with Crippen molar-refractivity contribution in [1.82, 2.24) is 9.78 Å². The number of nitrogens with zero attached hydrogens (tertiary/aromatic N) is 2. The summed E-state index contributed by atoms with van der Waals surface area (Å²) in [5, 5.41) is 5.78. The van der Waals surface area contributed by atoms with Gasteiger partial charge in [0.2, 0.25) is 0 Å². The van der Waals surface area contributed by atoms with Crippen molar-refractivity contribution >= 4 is 11.3 Å². The molecule has 0 atom stereocenters. The molecule has 2 heterocycles. The van der Waals surface area contributed by atoms with Gasteiger partial charge in [0.05, 0.1) is 4.88 Å². The molecule has 0 bridgehead atoms. The van der Waals surface area contributed by atoms with E-state index in [9.17, 15) is 8.78 Å². The highest BCUT2D eigenvalue weighted by Gasteiger charge is 2.15. The minimum atomic E-state index is -2.62. The van der Waals surface area contributed by atoms with Crippen LogP contribution >= 0.6 is 11.3 Å². The van der Waals surface area contributed by atoms with Crippen molar-refractivity contribution in [3.05, 3.63) is 29.3 Å². The Bertz CT molecular complexity index is 451.